The van der Waals surface area contributed by atoms with Gasteiger partial charge in [-0.1, -0.05) is 27.2 Å². The minimum Gasteiger partial charge on any atom is -0.299 e. The van der Waals surface area contributed by atoms with Gasteiger partial charge in [0.2, 0.25) is 0 Å². The Hall–Kier alpha value is -0.660. The number of rotatable bonds is 1. The largest absolute Gasteiger partial charge is 0.299 e. The van der Waals surface area contributed by atoms with E-state index in [1.165, 1.54) is 44.9 Å². The van der Waals surface area contributed by atoms with Gasteiger partial charge in [0.1, 0.15) is 11.6 Å². The molecular weight excluding hydrogens is 344 g/mol. The molecule has 0 radical (unpaired) electrons. The van der Waals surface area contributed by atoms with Crippen molar-refractivity contribution >= 4 is 11.6 Å². The van der Waals surface area contributed by atoms with Crippen molar-refractivity contribution in [3.63, 3.8) is 0 Å². The van der Waals surface area contributed by atoms with E-state index in [0.717, 1.165) is 43.4 Å². The fourth-order valence-electron chi connectivity index (χ4n) is 10.2. The van der Waals surface area contributed by atoms with Crippen LogP contribution < -0.4 is 0 Å². The van der Waals surface area contributed by atoms with Crippen molar-refractivity contribution < 1.29 is 9.59 Å². The highest BCUT2D eigenvalue weighted by Crippen LogP contribution is 2.71. The maximum atomic E-state index is 12.7. The fourth-order valence-corrected chi connectivity index (χ4v) is 10.2. The molecule has 156 valence electrons. The first-order chi connectivity index (χ1) is 13.2. The van der Waals surface area contributed by atoms with Gasteiger partial charge in [0.15, 0.2) is 0 Å². The van der Waals surface area contributed by atoms with Crippen LogP contribution in [0.1, 0.15) is 98.3 Å². The molecule has 0 saturated heterocycles. The summed E-state index contributed by atoms with van der Waals surface area (Å²) in [5, 5.41) is 0. The van der Waals surface area contributed by atoms with Gasteiger partial charge in [-0.3, -0.25) is 9.59 Å². The minimum absolute atomic E-state index is 0.0389. The van der Waals surface area contributed by atoms with Gasteiger partial charge in [-0.15, -0.1) is 0 Å². The molecule has 0 N–H and O–H groups in total. The third-order valence-corrected chi connectivity index (χ3v) is 11.6. The van der Waals surface area contributed by atoms with E-state index in [1.807, 2.05) is 6.92 Å². The summed E-state index contributed by atoms with van der Waals surface area (Å²) in [5.41, 5.74) is 0.827. The van der Waals surface area contributed by atoms with Crippen LogP contribution in [0.25, 0.3) is 0 Å². The van der Waals surface area contributed by atoms with Crippen LogP contribution in [0.15, 0.2) is 0 Å². The average Bonchev–Trinajstić information content (AvgIpc) is 3.11. The predicted octanol–water partition coefficient (Wildman–Crippen LogP) is 6.22. The summed E-state index contributed by atoms with van der Waals surface area (Å²) >= 11 is 0. The Bertz CT molecular complexity index is 697. The van der Waals surface area contributed by atoms with Gasteiger partial charge in [0, 0.05) is 17.8 Å². The van der Waals surface area contributed by atoms with E-state index >= 15 is 0 Å². The second-order valence-corrected chi connectivity index (χ2v) is 12.1. The normalized spacial score (nSPS) is 55.6. The molecular formula is C26H40O2. The topological polar surface area (TPSA) is 34.1 Å². The summed E-state index contributed by atoms with van der Waals surface area (Å²) in [5.74, 6) is 4.94. The van der Waals surface area contributed by atoms with Crippen molar-refractivity contribution in [3.8, 4) is 0 Å². The van der Waals surface area contributed by atoms with E-state index in [4.69, 9.17) is 0 Å². The molecule has 5 saturated carbocycles. The summed E-state index contributed by atoms with van der Waals surface area (Å²) in [6.07, 6.45) is 13.4. The van der Waals surface area contributed by atoms with Gasteiger partial charge in [-0.05, 0) is 105 Å². The first kappa shape index (κ1) is 19.3. The zero-order valence-electron chi connectivity index (χ0n) is 18.6. The Balaban J connectivity index is 1.48. The number of fused-ring (bicyclic) bond motifs is 7. The molecule has 9 unspecified atom stereocenters. The molecule has 0 heterocycles. The number of carbonyl (C=O) groups is 2. The second kappa shape index (κ2) is 6.17. The minimum atomic E-state index is 0.0389. The number of hydrogen-bond donors (Lipinski definition) is 0. The molecule has 5 rings (SSSR count). The quantitative estimate of drug-likeness (QED) is 0.538. The zero-order chi connectivity index (χ0) is 19.9. The summed E-state index contributed by atoms with van der Waals surface area (Å²) in [6, 6.07) is 0. The highest BCUT2D eigenvalue weighted by atomic mass is 16.1. The van der Waals surface area contributed by atoms with Crippen LogP contribution in [-0.4, -0.2) is 11.6 Å². The molecule has 0 aliphatic heterocycles. The molecule has 5 aliphatic rings. The Morgan fingerprint density at radius 2 is 1.57 bits per heavy atom. The molecule has 0 aromatic carbocycles. The molecule has 2 heteroatoms. The van der Waals surface area contributed by atoms with Gasteiger partial charge in [0.25, 0.3) is 0 Å². The molecule has 0 spiro atoms. The van der Waals surface area contributed by atoms with Crippen LogP contribution in [0, 0.1) is 51.8 Å². The molecule has 28 heavy (non-hydrogen) atoms. The van der Waals surface area contributed by atoms with Crippen molar-refractivity contribution in [2.24, 2.45) is 51.8 Å². The third kappa shape index (κ3) is 2.27. The van der Waals surface area contributed by atoms with Gasteiger partial charge >= 0.3 is 0 Å². The molecule has 5 aliphatic carbocycles. The lowest BCUT2D eigenvalue weighted by atomic mass is 9.37. The van der Waals surface area contributed by atoms with Gasteiger partial charge in [-0.25, -0.2) is 0 Å². The van der Waals surface area contributed by atoms with Crippen molar-refractivity contribution in [1.82, 2.24) is 0 Å². The third-order valence-electron chi connectivity index (χ3n) is 11.6. The van der Waals surface area contributed by atoms with E-state index in [0.29, 0.717) is 34.2 Å². The highest BCUT2D eigenvalue weighted by Gasteiger charge is 2.65. The monoisotopic (exact) mass is 384 g/mol. The molecule has 0 bridgehead atoms. The summed E-state index contributed by atoms with van der Waals surface area (Å²) in [6.45, 7) is 9.30. The van der Waals surface area contributed by atoms with E-state index in [-0.39, 0.29) is 11.3 Å². The fraction of sp³-hybridized carbons (Fsp3) is 0.923. The predicted molar refractivity (Wildman–Crippen MR) is 112 cm³/mol. The van der Waals surface area contributed by atoms with E-state index < -0.39 is 0 Å². The first-order valence-corrected chi connectivity index (χ1v) is 12.3. The lowest BCUT2D eigenvalue weighted by molar-refractivity contribution is -0.186. The summed E-state index contributed by atoms with van der Waals surface area (Å²) in [4.78, 5) is 25.2. The number of carbonyl (C=O) groups excluding carboxylic acids is 2. The molecule has 9 atom stereocenters. The van der Waals surface area contributed by atoms with Gasteiger partial charge in [0.05, 0.1) is 0 Å². The SMILES string of the molecule is CC(=O)C12CCCC1C1CCC3C4(C)CCC(=O)C(C)C4CCC3(C)C1CC2. The summed E-state index contributed by atoms with van der Waals surface area (Å²) < 4.78 is 0. The molecule has 5 fully saturated rings. The van der Waals surface area contributed by atoms with Crippen molar-refractivity contribution in [2.75, 3.05) is 0 Å². The lowest BCUT2D eigenvalue weighted by Crippen LogP contribution is -2.61. The lowest BCUT2D eigenvalue weighted by Gasteiger charge is -2.67. The Morgan fingerprint density at radius 1 is 0.857 bits per heavy atom. The smallest absolute Gasteiger partial charge is 0.136 e. The summed E-state index contributed by atoms with van der Waals surface area (Å²) in [7, 11) is 0. The van der Waals surface area contributed by atoms with Crippen LogP contribution in [0.2, 0.25) is 0 Å². The highest BCUT2D eigenvalue weighted by molar-refractivity contribution is 5.83. The van der Waals surface area contributed by atoms with Crippen LogP contribution in [0.4, 0.5) is 0 Å². The maximum Gasteiger partial charge on any atom is 0.136 e. The van der Waals surface area contributed by atoms with E-state index in [2.05, 4.69) is 20.8 Å². The van der Waals surface area contributed by atoms with Crippen LogP contribution in [0.3, 0.4) is 0 Å². The standard InChI is InChI=1S/C26H40O2/c1-16-19-9-13-25(4)20-10-15-26(17(2)27)12-5-6-21(26)18(20)7-8-23(25)24(19,3)14-11-22(16)28/h16,18-21,23H,5-15H2,1-4H3. The van der Waals surface area contributed by atoms with Crippen molar-refractivity contribution in [3.05, 3.63) is 0 Å². The van der Waals surface area contributed by atoms with Gasteiger partial charge < -0.3 is 0 Å². The van der Waals surface area contributed by atoms with Crippen molar-refractivity contribution in [1.29, 1.82) is 0 Å². The van der Waals surface area contributed by atoms with E-state index in [9.17, 15) is 9.59 Å². The Labute approximate surface area is 171 Å². The molecule has 0 aromatic heterocycles. The Kier molecular flexibility index (Phi) is 4.26. The number of Topliss-reactive ketones (excluding diaryl/α,β-unsaturated/α-hetero) is 2. The average molecular weight is 385 g/mol. The van der Waals surface area contributed by atoms with E-state index in [1.54, 1.807) is 0 Å². The zero-order valence-corrected chi connectivity index (χ0v) is 18.6. The van der Waals surface area contributed by atoms with Crippen molar-refractivity contribution in [2.45, 2.75) is 98.3 Å². The number of hydrogen-bond acceptors (Lipinski definition) is 2. The maximum absolute atomic E-state index is 12.7. The van der Waals surface area contributed by atoms with Crippen LogP contribution in [-0.2, 0) is 9.59 Å². The molecule has 0 aromatic rings. The first-order valence-electron chi connectivity index (χ1n) is 12.3. The van der Waals surface area contributed by atoms with Crippen LogP contribution >= 0.6 is 0 Å². The van der Waals surface area contributed by atoms with Gasteiger partial charge in [-0.2, -0.15) is 0 Å². The van der Waals surface area contributed by atoms with Crippen LogP contribution in [0.5, 0.6) is 0 Å². The Morgan fingerprint density at radius 3 is 2.32 bits per heavy atom. The second-order valence-electron chi connectivity index (χ2n) is 12.1. The molecule has 2 nitrogen and oxygen atoms in total. The number of ketones is 2. The molecule has 0 amide bonds.